The highest BCUT2D eigenvalue weighted by molar-refractivity contribution is 5.95. The average molecular weight is 333 g/mol. The maximum atomic E-state index is 13.6. The lowest BCUT2D eigenvalue weighted by atomic mass is 9.89. The van der Waals surface area contributed by atoms with Crippen molar-refractivity contribution in [3.8, 4) is 0 Å². The highest BCUT2D eigenvalue weighted by Gasteiger charge is 2.18. The van der Waals surface area contributed by atoms with Gasteiger partial charge < -0.3 is 5.32 Å². The molecule has 0 heterocycles. The number of rotatable bonds is 3. The summed E-state index contributed by atoms with van der Waals surface area (Å²) in [5, 5.41) is 2.41. The zero-order chi connectivity index (χ0) is 17.3. The fraction of sp³-hybridized carbons (Fsp3) is 0.222. The van der Waals surface area contributed by atoms with Gasteiger partial charge >= 0.3 is 0 Å². The zero-order valence-corrected chi connectivity index (χ0v) is 12.7. The van der Waals surface area contributed by atoms with Crippen molar-refractivity contribution in [1.82, 2.24) is 5.32 Å². The van der Waals surface area contributed by atoms with Crippen LogP contribution < -0.4 is 5.32 Å². The van der Waals surface area contributed by atoms with Gasteiger partial charge in [-0.15, -0.1) is 0 Å². The van der Waals surface area contributed by atoms with Gasteiger partial charge in [0.05, 0.1) is 0 Å². The molecule has 6 heteroatoms. The lowest BCUT2D eigenvalue weighted by molar-refractivity contribution is -0.118. The molecule has 0 spiro atoms. The van der Waals surface area contributed by atoms with Crippen LogP contribution in [-0.4, -0.2) is 11.7 Å². The predicted octanol–water partition coefficient (Wildman–Crippen LogP) is 3.09. The molecule has 1 amide bonds. The minimum Gasteiger partial charge on any atom is -0.348 e. The van der Waals surface area contributed by atoms with Gasteiger partial charge in [-0.25, -0.2) is 13.2 Å². The summed E-state index contributed by atoms with van der Waals surface area (Å²) in [5.74, 6) is -3.51. The predicted molar refractivity (Wildman–Crippen MR) is 81.0 cm³/mol. The van der Waals surface area contributed by atoms with E-state index in [1.54, 1.807) is 18.2 Å². The zero-order valence-electron chi connectivity index (χ0n) is 12.7. The lowest BCUT2D eigenvalue weighted by Crippen LogP contribution is -2.25. The van der Waals surface area contributed by atoms with Gasteiger partial charge in [0.1, 0.15) is 23.2 Å². The fourth-order valence-electron chi connectivity index (χ4n) is 2.76. The summed E-state index contributed by atoms with van der Waals surface area (Å²) in [4.78, 5) is 23.7. The monoisotopic (exact) mass is 333 g/mol. The van der Waals surface area contributed by atoms with Crippen LogP contribution in [0.4, 0.5) is 13.2 Å². The molecule has 0 saturated heterocycles. The van der Waals surface area contributed by atoms with Crippen molar-refractivity contribution in [3.63, 3.8) is 0 Å². The van der Waals surface area contributed by atoms with E-state index in [0.717, 1.165) is 11.1 Å². The topological polar surface area (TPSA) is 46.2 Å². The smallest absolute Gasteiger partial charge is 0.251 e. The Morgan fingerprint density at radius 2 is 1.71 bits per heavy atom. The quantitative estimate of drug-likeness (QED) is 0.938. The largest absolute Gasteiger partial charge is 0.348 e. The molecule has 1 aliphatic rings. The molecule has 3 rings (SSSR count). The summed E-state index contributed by atoms with van der Waals surface area (Å²) in [6.07, 6.45) is 1.45. The van der Waals surface area contributed by atoms with Gasteiger partial charge in [0, 0.05) is 42.6 Å². The summed E-state index contributed by atoms with van der Waals surface area (Å²) in [7, 11) is 0. The van der Waals surface area contributed by atoms with Crippen LogP contribution in [0.5, 0.6) is 0 Å². The van der Waals surface area contributed by atoms with Crippen LogP contribution >= 0.6 is 0 Å². The van der Waals surface area contributed by atoms with E-state index in [4.69, 9.17) is 0 Å². The van der Waals surface area contributed by atoms with Crippen molar-refractivity contribution in [2.45, 2.75) is 25.8 Å². The van der Waals surface area contributed by atoms with Gasteiger partial charge in [-0.2, -0.15) is 0 Å². The molecule has 0 aromatic heterocycles. The van der Waals surface area contributed by atoms with E-state index in [1.165, 1.54) is 0 Å². The number of benzene rings is 2. The Hall–Kier alpha value is -2.63. The molecule has 0 atom stereocenters. The molecule has 0 saturated carbocycles. The molecule has 1 aliphatic carbocycles. The summed E-state index contributed by atoms with van der Waals surface area (Å²) >= 11 is 0. The average Bonchev–Trinajstić information content (AvgIpc) is 2.52. The number of aryl methyl sites for hydroxylation is 1. The van der Waals surface area contributed by atoms with E-state index >= 15 is 0 Å². The van der Waals surface area contributed by atoms with Crippen LogP contribution in [0.15, 0.2) is 30.3 Å². The highest BCUT2D eigenvalue weighted by Crippen LogP contribution is 2.21. The number of carbonyl (C=O) groups excluding carboxylic acids is 2. The molecule has 0 unspecified atom stereocenters. The van der Waals surface area contributed by atoms with Crippen LogP contribution in [0.2, 0.25) is 0 Å². The molecule has 3 nitrogen and oxygen atoms in total. The molecule has 0 radical (unpaired) electrons. The molecule has 0 bridgehead atoms. The minimum absolute atomic E-state index is 0.121. The molecule has 0 fully saturated rings. The first-order chi connectivity index (χ1) is 11.4. The first-order valence-electron chi connectivity index (χ1n) is 7.49. The number of amides is 1. The van der Waals surface area contributed by atoms with Crippen LogP contribution in [0.25, 0.3) is 0 Å². The van der Waals surface area contributed by atoms with E-state index in [-0.39, 0.29) is 12.2 Å². The van der Waals surface area contributed by atoms with Gasteiger partial charge in [0.25, 0.3) is 5.91 Å². The third kappa shape index (κ3) is 3.32. The normalized spacial score (nSPS) is 13.5. The number of ketones is 1. The second-order valence-electron chi connectivity index (χ2n) is 5.73. The Labute approximate surface area is 136 Å². The summed E-state index contributed by atoms with van der Waals surface area (Å²) < 4.78 is 40.0. The second kappa shape index (κ2) is 6.47. The van der Waals surface area contributed by atoms with Crippen molar-refractivity contribution in [2.24, 2.45) is 0 Å². The molecule has 124 valence electrons. The van der Waals surface area contributed by atoms with Crippen LogP contribution in [0.1, 0.15) is 33.5 Å². The number of carbonyl (C=O) groups is 2. The maximum absolute atomic E-state index is 13.6. The van der Waals surface area contributed by atoms with Gasteiger partial charge in [-0.05, 0) is 29.7 Å². The molecular formula is C18H14F3NO2. The summed E-state index contributed by atoms with van der Waals surface area (Å²) in [6, 6.07) is 6.15. The highest BCUT2D eigenvalue weighted by atomic mass is 19.1. The molecule has 1 N–H and O–H groups in total. The van der Waals surface area contributed by atoms with E-state index < -0.39 is 35.5 Å². The van der Waals surface area contributed by atoms with E-state index in [2.05, 4.69) is 5.32 Å². The Kier molecular flexibility index (Phi) is 4.38. The standard InChI is InChI=1S/C18H14F3NO2/c19-13-7-16(20)15(17(21)8-13)9-22-18(24)11-2-1-10-3-4-14(23)6-12(10)5-11/h1-2,5,7-8H,3-4,6,9H2,(H,22,24). The van der Waals surface area contributed by atoms with Crippen LogP contribution in [0, 0.1) is 17.5 Å². The minimum atomic E-state index is -1.05. The molecular weight excluding hydrogens is 319 g/mol. The number of nitrogens with one attached hydrogen (secondary N) is 1. The molecule has 24 heavy (non-hydrogen) atoms. The van der Waals surface area contributed by atoms with Gasteiger partial charge in [0.15, 0.2) is 0 Å². The van der Waals surface area contributed by atoms with Crippen molar-refractivity contribution in [2.75, 3.05) is 0 Å². The summed E-state index contributed by atoms with van der Waals surface area (Å²) in [5.41, 5.74) is 1.74. The van der Waals surface area contributed by atoms with Crippen LogP contribution in [-0.2, 0) is 24.2 Å². The second-order valence-corrected chi connectivity index (χ2v) is 5.73. The SMILES string of the molecule is O=C1CCc2ccc(C(=O)NCc3c(F)cc(F)cc3F)cc2C1. The van der Waals surface area contributed by atoms with E-state index in [1.807, 2.05) is 0 Å². The molecule has 2 aromatic carbocycles. The molecule has 2 aromatic rings. The first kappa shape index (κ1) is 16.2. The summed E-state index contributed by atoms with van der Waals surface area (Å²) in [6.45, 7) is -0.396. The fourth-order valence-corrected chi connectivity index (χ4v) is 2.76. The third-order valence-electron chi connectivity index (χ3n) is 4.06. The lowest BCUT2D eigenvalue weighted by Gasteiger charge is -2.16. The van der Waals surface area contributed by atoms with Gasteiger partial charge in [-0.1, -0.05) is 6.07 Å². The Morgan fingerprint density at radius 3 is 2.42 bits per heavy atom. The maximum Gasteiger partial charge on any atom is 0.251 e. The van der Waals surface area contributed by atoms with Crippen molar-refractivity contribution < 1.29 is 22.8 Å². The van der Waals surface area contributed by atoms with Crippen molar-refractivity contribution in [3.05, 3.63) is 70.0 Å². The Bertz CT molecular complexity index is 810. The number of hydrogen-bond acceptors (Lipinski definition) is 2. The van der Waals surface area contributed by atoms with Gasteiger partial charge in [0.2, 0.25) is 0 Å². The van der Waals surface area contributed by atoms with E-state index in [0.29, 0.717) is 30.5 Å². The van der Waals surface area contributed by atoms with E-state index in [9.17, 15) is 22.8 Å². The third-order valence-corrected chi connectivity index (χ3v) is 4.06. The number of hydrogen-bond donors (Lipinski definition) is 1. The number of fused-ring (bicyclic) bond motifs is 1. The van der Waals surface area contributed by atoms with Crippen molar-refractivity contribution in [1.29, 1.82) is 0 Å². The number of Topliss-reactive ketones (excluding diaryl/α,β-unsaturated/α-hetero) is 1. The molecule has 0 aliphatic heterocycles. The Balaban J connectivity index is 1.74. The van der Waals surface area contributed by atoms with Gasteiger partial charge in [-0.3, -0.25) is 9.59 Å². The first-order valence-corrected chi connectivity index (χ1v) is 7.49. The van der Waals surface area contributed by atoms with Crippen LogP contribution in [0.3, 0.4) is 0 Å². The number of halogens is 3. The van der Waals surface area contributed by atoms with Crippen molar-refractivity contribution >= 4 is 11.7 Å². The Morgan fingerprint density at radius 1 is 1.00 bits per heavy atom.